The Morgan fingerprint density at radius 3 is 2.33 bits per heavy atom. The van der Waals surface area contributed by atoms with Gasteiger partial charge in [0.05, 0.1) is 45.4 Å². The first kappa shape index (κ1) is 31.0. The minimum Gasteiger partial charge on any atom is -0.495 e. The molecular formula is C37H39N3O6. The lowest BCUT2D eigenvalue weighted by Crippen LogP contribution is -2.32. The molecule has 0 radical (unpaired) electrons. The molecule has 0 spiro atoms. The Labute approximate surface area is 268 Å². The number of carbonyl (C=O) groups excluding carboxylic acids is 1. The minimum atomic E-state index is -0.176. The third kappa shape index (κ3) is 6.37. The van der Waals surface area contributed by atoms with Gasteiger partial charge in [0, 0.05) is 36.1 Å². The highest BCUT2D eigenvalue weighted by atomic mass is 16.5. The number of aromatic amines is 1. The van der Waals surface area contributed by atoms with Crippen LogP contribution >= 0.6 is 0 Å². The zero-order chi connectivity index (χ0) is 32.2. The summed E-state index contributed by atoms with van der Waals surface area (Å²) < 4.78 is 22.5. The van der Waals surface area contributed by atoms with Crippen LogP contribution in [0.2, 0.25) is 0 Å². The molecule has 0 unspecified atom stereocenters. The summed E-state index contributed by atoms with van der Waals surface area (Å²) in [5.74, 6) is 2.71. The number of nitrogens with one attached hydrogen (secondary N) is 2. The number of aryl methyl sites for hydroxylation is 1. The number of anilines is 1. The summed E-state index contributed by atoms with van der Waals surface area (Å²) in [6.07, 6.45) is 1.98. The van der Waals surface area contributed by atoms with Crippen LogP contribution in [-0.2, 0) is 24.2 Å². The van der Waals surface area contributed by atoms with Gasteiger partial charge in [0.1, 0.15) is 11.5 Å². The first-order valence-electron chi connectivity index (χ1n) is 15.5. The molecule has 6 rings (SSSR count). The third-order valence-electron chi connectivity index (χ3n) is 8.64. The van der Waals surface area contributed by atoms with E-state index in [1.807, 2.05) is 37.3 Å². The van der Waals surface area contributed by atoms with E-state index in [9.17, 15) is 9.59 Å². The van der Waals surface area contributed by atoms with Gasteiger partial charge in [-0.2, -0.15) is 0 Å². The van der Waals surface area contributed by atoms with Gasteiger partial charge in [0.2, 0.25) is 5.91 Å². The Balaban J connectivity index is 1.04. The lowest BCUT2D eigenvalue weighted by atomic mass is 9.98. The van der Waals surface area contributed by atoms with Gasteiger partial charge in [-0.25, -0.2) is 0 Å². The van der Waals surface area contributed by atoms with Crippen molar-refractivity contribution >= 4 is 33.4 Å². The van der Waals surface area contributed by atoms with E-state index < -0.39 is 0 Å². The maximum absolute atomic E-state index is 13.2. The average molecular weight is 622 g/mol. The summed E-state index contributed by atoms with van der Waals surface area (Å²) in [5, 5.41) is 4.11. The molecule has 4 aromatic carbocycles. The molecule has 1 aliphatic heterocycles. The molecule has 0 saturated carbocycles. The normalized spacial score (nSPS) is 13.0. The number of hydrogen-bond acceptors (Lipinski definition) is 7. The number of hydrogen-bond donors (Lipinski definition) is 2. The van der Waals surface area contributed by atoms with Crippen LogP contribution in [0.5, 0.6) is 23.0 Å². The lowest BCUT2D eigenvalue weighted by molar-refractivity contribution is -0.115. The predicted molar refractivity (Wildman–Crippen MR) is 181 cm³/mol. The highest BCUT2D eigenvalue weighted by Crippen LogP contribution is 2.33. The molecule has 0 atom stereocenters. The van der Waals surface area contributed by atoms with E-state index in [1.165, 1.54) is 11.1 Å². The second kappa shape index (κ2) is 13.5. The molecule has 9 heteroatoms. The standard InChI is InChI=1S/C37H39N3O6/c1-23-18-27(46-17-7-15-40-16-14-24-19-32(44-3)33(45-4)20-26(24)22-40)12-13-30(23)38-34(41)21-25-8-5-9-28-35(25)39-36-29(37(28)42)10-6-11-31(36)43-2/h5-6,8-13,18-20H,7,14-17,21-22H2,1-4H3,(H,38,41)(H,39,42). The van der Waals surface area contributed by atoms with E-state index in [1.54, 1.807) is 45.6 Å². The fraction of sp³-hybridized carbons (Fsp3) is 0.297. The minimum absolute atomic E-state index is 0.0979. The van der Waals surface area contributed by atoms with Crippen LogP contribution in [-0.4, -0.2) is 56.8 Å². The van der Waals surface area contributed by atoms with Crippen LogP contribution in [0.1, 0.15) is 28.7 Å². The Kier molecular flexibility index (Phi) is 9.12. The van der Waals surface area contributed by atoms with Crippen molar-refractivity contribution in [3.8, 4) is 23.0 Å². The number of methoxy groups -OCH3 is 3. The van der Waals surface area contributed by atoms with Crippen LogP contribution < -0.4 is 29.7 Å². The van der Waals surface area contributed by atoms with E-state index >= 15 is 0 Å². The molecule has 238 valence electrons. The van der Waals surface area contributed by atoms with E-state index in [4.69, 9.17) is 18.9 Å². The van der Waals surface area contributed by atoms with Crippen molar-refractivity contribution in [1.82, 2.24) is 9.88 Å². The summed E-state index contributed by atoms with van der Waals surface area (Å²) in [6, 6.07) is 20.7. The maximum atomic E-state index is 13.2. The highest BCUT2D eigenvalue weighted by molar-refractivity contribution is 5.99. The molecule has 1 aromatic heterocycles. The summed E-state index contributed by atoms with van der Waals surface area (Å²) in [6.45, 7) is 5.35. The van der Waals surface area contributed by atoms with Crippen molar-refractivity contribution in [1.29, 1.82) is 0 Å². The molecule has 9 nitrogen and oxygen atoms in total. The molecule has 0 aliphatic carbocycles. The first-order valence-corrected chi connectivity index (χ1v) is 15.5. The predicted octanol–water partition coefficient (Wildman–Crippen LogP) is 6.02. The second-order valence-electron chi connectivity index (χ2n) is 11.6. The number of benzene rings is 4. The number of ether oxygens (including phenoxy) is 4. The zero-order valence-electron chi connectivity index (χ0n) is 26.7. The first-order chi connectivity index (χ1) is 22.4. The van der Waals surface area contributed by atoms with Crippen molar-refractivity contribution in [3.63, 3.8) is 0 Å². The van der Waals surface area contributed by atoms with Gasteiger partial charge in [-0.1, -0.05) is 18.2 Å². The molecule has 0 bridgehead atoms. The van der Waals surface area contributed by atoms with Crippen LogP contribution in [0.25, 0.3) is 21.8 Å². The van der Waals surface area contributed by atoms with Crippen LogP contribution in [0, 0.1) is 6.92 Å². The molecule has 2 heterocycles. The van der Waals surface area contributed by atoms with E-state index in [2.05, 4.69) is 27.3 Å². The topological polar surface area (TPSA) is 102 Å². The Morgan fingerprint density at radius 2 is 1.59 bits per heavy atom. The number of rotatable bonds is 11. The van der Waals surface area contributed by atoms with Crippen LogP contribution in [0.3, 0.4) is 0 Å². The highest BCUT2D eigenvalue weighted by Gasteiger charge is 2.19. The SMILES string of the molecule is COc1cc2c(cc1OC)CN(CCCOc1ccc(NC(=O)Cc3cccc4c(=O)c5cccc(OC)c5[nH]c34)c(C)c1)CC2. The second-order valence-corrected chi connectivity index (χ2v) is 11.6. The molecule has 2 N–H and O–H groups in total. The van der Waals surface area contributed by atoms with E-state index in [0.29, 0.717) is 34.2 Å². The van der Waals surface area contributed by atoms with Gasteiger partial charge in [-0.3, -0.25) is 14.5 Å². The number of H-pyrrole nitrogens is 1. The number of nitrogens with zero attached hydrogens (tertiary/aromatic N) is 1. The van der Waals surface area contributed by atoms with E-state index in [0.717, 1.165) is 66.5 Å². The molecule has 0 fully saturated rings. The number of pyridine rings is 1. The van der Waals surface area contributed by atoms with Gasteiger partial charge >= 0.3 is 0 Å². The Bertz CT molecular complexity index is 1970. The average Bonchev–Trinajstić information content (AvgIpc) is 3.07. The Hall–Kier alpha value is -5.02. The molecule has 46 heavy (non-hydrogen) atoms. The fourth-order valence-corrected chi connectivity index (χ4v) is 6.22. The lowest BCUT2D eigenvalue weighted by Gasteiger charge is -2.29. The van der Waals surface area contributed by atoms with Crippen LogP contribution in [0.15, 0.2) is 71.5 Å². The molecule has 1 amide bonds. The summed E-state index contributed by atoms with van der Waals surface area (Å²) in [7, 11) is 4.91. The summed E-state index contributed by atoms with van der Waals surface area (Å²) in [4.78, 5) is 32.2. The molecule has 1 aliphatic rings. The van der Waals surface area contributed by atoms with Crippen molar-refractivity contribution in [3.05, 3.63) is 99.2 Å². The van der Waals surface area contributed by atoms with Gasteiger partial charge in [0.15, 0.2) is 16.9 Å². The van der Waals surface area contributed by atoms with Gasteiger partial charge in [0.25, 0.3) is 0 Å². The summed E-state index contributed by atoms with van der Waals surface area (Å²) in [5.41, 5.74) is 6.10. The van der Waals surface area contributed by atoms with Gasteiger partial charge < -0.3 is 29.2 Å². The van der Waals surface area contributed by atoms with Crippen LogP contribution in [0.4, 0.5) is 5.69 Å². The number of fused-ring (bicyclic) bond motifs is 3. The quantitative estimate of drug-likeness (QED) is 0.137. The smallest absolute Gasteiger partial charge is 0.228 e. The molecule has 0 saturated heterocycles. The van der Waals surface area contributed by atoms with Crippen molar-refractivity contribution in [2.45, 2.75) is 32.7 Å². The monoisotopic (exact) mass is 621 g/mol. The van der Waals surface area contributed by atoms with Crippen molar-refractivity contribution in [2.75, 3.05) is 46.3 Å². The molecule has 5 aromatic rings. The number of para-hydroxylation sites is 2. The van der Waals surface area contributed by atoms with E-state index in [-0.39, 0.29) is 17.8 Å². The number of carbonyl (C=O) groups is 1. The van der Waals surface area contributed by atoms with Crippen molar-refractivity contribution in [2.24, 2.45) is 0 Å². The molecular weight excluding hydrogens is 582 g/mol. The number of amides is 1. The van der Waals surface area contributed by atoms with Gasteiger partial charge in [-0.05, 0) is 90.6 Å². The summed E-state index contributed by atoms with van der Waals surface area (Å²) >= 11 is 0. The maximum Gasteiger partial charge on any atom is 0.228 e. The van der Waals surface area contributed by atoms with Crippen molar-refractivity contribution < 1.29 is 23.7 Å². The fourth-order valence-electron chi connectivity index (χ4n) is 6.22. The Morgan fingerprint density at radius 1 is 0.870 bits per heavy atom. The van der Waals surface area contributed by atoms with Gasteiger partial charge in [-0.15, -0.1) is 0 Å². The largest absolute Gasteiger partial charge is 0.495 e. The number of aromatic nitrogens is 1. The third-order valence-corrected chi connectivity index (χ3v) is 8.64. The zero-order valence-corrected chi connectivity index (χ0v) is 26.7.